The van der Waals surface area contributed by atoms with Gasteiger partial charge in [-0.15, -0.1) is 0 Å². The van der Waals surface area contributed by atoms with Gasteiger partial charge in [0.1, 0.15) is 5.82 Å². The Kier molecular flexibility index (Phi) is 6.29. The fraction of sp³-hybridized carbons (Fsp3) is 0.364. The molecule has 148 valence electrons. The van der Waals surface area contributed by atoms with Crippen LogP contribution in [0.5, 0.6) is 0 Å². The molecule has 0 radical (unpaired) electrons. The molecule has 0 bridgehead atoms. The van der Waals surface area contributed by atoms with Crippen LogP contribution in [0.15, 0.2) is 48.5 Å². The summed E-state index contributed by atoms with van der Waals surface area (Å²) in [5, 5.41) is 5.76. The number of amides is 3. The van der Waals surface area contributed by atoms with Crippen molar-refractivity contribution in [2.45, 2.75) is 26.7 Å². The van der Waals surface area contributed by atoms with E-state index < -0.39 is 0 Å². The maximum absolute atomic E-state index is 13.0. The second-order valence-corrected chi connectivity index (χ2v) is 7.41. The predicted molar refractivity (Wildman–Crippen MR) is 109 cm³/mol. The Morgan fingerprint density at radius 2 is 1.50 bits per heavy atom. The third-order valence-electron chi connectivity index (χ3n) is 5.36. The van der Waals surface area contributed by atoms with E-state index in [1.165, 1.54) is 12.1 Å². The first-order valence-electron chi connectivity index (χ1n) is 9.61. The lowest BCUT2D eigenvalue weighted by molar-refractivity contribution is -0.121. The Bertz CT molecular complexity index is 813. The SMILES string of the molecule is Cc1ccc(NC(=O)N2CCC([C@H](C)C(=O)Nc3ccc(F)cc3)CC2)cc1. The van der Waals surface area contributed by atoms with E-state index in [1.807, 2.05) is 38.1 Å². The summed E-state index contributed by atoms with van der Waals surface area (Å²) in [6, 6.07) is 13.4. The van der Waals surface area contributed by atoms with Crippen molar-refractivity contribution in [3.05, 3.63) is 59.9 Å². The Balaban J connectivity index is 1.48. The van der Waals surface area contributed by atoms with Crippen molar-refractivity contribution in [1.82, 2.24) is 4.90 Å². The molecular weight excluding hydrogens is 357 g/mol. The maximum atomic E-state index is 13.0. The van der Waals surface area contributed by atoms with Crippen LogP contribution < -0.4 is 10.6 Å². The zero-order valence-electron chi connectivity index (χ0n) is 16.2. The fourth-order valence-electron chi connectivity index (χ4n) is 3.45. The molecule has 0 aromatic heterocycles. The van der Waals surface area contributed by atoms with Gasteiger partial charge in [0.2, 0.25) is 5.91 Å². The van der Waals surface area contributed by atoms with Crippen LogP contribution in [-0.2, 0) is 4.79 Å². The largest absolute Gasteiger partial charge is 0.326 e. The van der Waals surface area contributed by atoms with Crippen molar-refractivity contribution >= 4 is 23.3 Å². The molecule has 2 aromatic rings. The highest BCUT2D eigenvalue weighted by atomic mass is 19.1. The number of rotatable bonds is 4. The summed E-state index contributed by atoms with van der Waals surface area (Å²) in [4.78, 5) is 26.7. The smallest absolute Gasteiger partial charge is 0.321 e. The highest BCUT2D eigenvalue weighted by Gasteiger charge is 2.29. The van der Waals surface area contributed by atoms with Crippen molar-refractivity contribution < 1.29 is 14.0 Å². The number of halogens is 1. The van der Waals surface area contributed by atoms with Crippen LogP contribution in [-0.4, -0.2) is 29.9 Å². The minimum atomic E-state index is -0.331. The van der Waals surface area contributed by atoms with E-state index in [2.05, 4.69) is 10.6 Å². The number of hydrogen-bond donors (Lipinski definition) is 2. The highest BCUT2D eigenvalue weighted by molar-refractivity contribution is 5.92. The molecule has 0 unspecified atom stereocenters. The molecule has 3 amide bonds. The molecule has 2 aromatic carbocycles. The van der Waals surface area contributed by atoms with E-state index in [-0.39, 0.29) is 29.6 Å². The number of carbonyl (C=O) groups excluding carboxylic acids is 2. The fourth-order valence-corrected chi connectivity index (χ4v) is 3.45. The third kappa shape index (κ3) is 5.09. The second-order valence-electron chi connectivity index (χ2n) is 7.41. The van der Waals surface area contributed by atoms with Gasteiger partial charge in [-0.25, -0.2) is 9.18 Å². The van der Waals surface area contributed by atoms with Crippen molar-refractivity contribution in [3.8, 4) is 0 Å². The normalized spacial score (nSPS) is 15.8. The molecule has 28 heavy (non-hydrogen) atoms. The lowest BCUT2D eigenvalue weighted by Crippen LogP contribution is -2.43. The van der Waals surface area contributed by atoms with E-state index in [4.69, 9.17) is 0 Å². The number of nitrogens with zero attached hydrogens (tertiary/aromatic N) is 1. The number of anilines is 2. The van der Waals surface area contributed by atoms with Crippen LogP contribution in [0.3, 0.4) is 0 Å². The monoisotopic (exact) mass is 383 g/mol. The Morgan fingerprint density at radius 1 is 0.964 bits per heavy atom. The molecule has 0 spiro atoms. The first-order chi connectivity index (χ1) is 13.4. The average molecular weight is 383 g/mol. The number of likely N-dealkylation sites (tertiary alicyclic amines) is 1. The van der Waals surface area contributed by atoms with Crippen LogP contribution in [0.4, 0.5) is 20.6 Å². The molecule has 2 N–H and O–H groups in total. The van der Waals surface area contributed by atoms with Crippen LogP contribution in [0, 0.1) is 24.6 Å². The van der Waals surface area contributed by atoms with Gasteiger partial charge in [0.15, 0.2) is 0 Å². The van der Waals surface area contributed by atoms with Crippen LogP contribution in [0.2, 0.25) is 0 Å². The lowest BCUT2D eigenvalue weighted by atomic mass is 9.85. The first kappa shape index (κ1) is 19.9. The van der Waals surface area contributed by atoms with Gasteiger partial charge in [-0.05, 0) is 62.1 Å². The second kappa shape index (κ2) is 8.87. The molecule has 3 rings (SSSR count). The predicted octanol–water partition coefficient (Wildman–Crippen LogP) is 4.65. The van der Waals surface area contributed by atoms with Crippen molar-refractivity contribution in [1.29, 1.82) is 0 Å². The molecule has 1 atom stereocenters. The van der Waals surface area contributed by atoms with E-state index in [0.29, 0.717) is 18.8 Å². The van der Waals surface area contributed by atoms with Crippen LogP contribution in [0.1, 0.15) is 25.3 Å². The summed E-state index contributed by atoms with van der Waals surface area (Å²) in [6.07, 6.45) is 1.55. The number of urea groups is 1. The summed E-state index contributed by atoms with van der Waals surface area (Å²) in [7, 11) is 0. The van der Waals surface area contributed by atoms with Gasteiger partial charge in [-0.1, -0.05) is 24.6 Å². The Labute approximate surface area is 164 Å². The van der Waals surface area contributed by atoms with Gasteiger partial charge in [-0.3, -0.25) is 4.79 Å². The summed E-state index contributed by atoms with van der Waals surface area (Å²) >= 11 is 0. The molecule has 1 aliphatic heterocycles. The topological polar surface area (TPSA) is 61.4 Å². The minimum Gasteiger partial charge on any atom is -0.326 e. The number of piperidine rings is 1. The summed E-state index contributed by atoms with van der Waals surface area (Å²) in [5.74, 6) is -0.368. The van der Waals surface area contributed by atoms with Gasteiger partial charge >= 0.3 is 6.03 Å². The van der Waals surface area contributed by atoms with E-state index in [9.17, 15) is 14.0 Å². The number of nitrogens with one attached hydrogen (secondary N) is 2. The molecule has 5 nitrogen and oxygen atoms in total. The van der Waals surface area contributed by atoms with Crippen molar-refractivity contribution in [3.63, 3.8) is 0 Å². The molecule has 1 heterocycles. The molecule has 6 heteroatoms. The van der Waals surface area contributed by atoms with E-state index in [0.717, 1.165) is 24.1 Å². The highest BCUT2D eigenvalue weighted by Crippen LogP contribution is 2.26. The third-order valence-corrected chi connectivity index (χ3v) is 5.36. The molecule has 1 aliphatic rings. The van der Waals surface area contributed by atoms with Gasteiger partial charge in [0, 0.05) is 30.4 Å². The zero-order chi connectivity index (χ0) is 20.1. The molecular formula is C22H26FN3O2. The maximum Gasteiger partial charge on any atom is 0.321 e. The number of aryl methyl sites for hydroxylation is 1. The summed E-state index contributed by atoms with van der Waals surface area (Å²) < 4.78 is 13.0. The molecule has 1 fully saturated rings. The van der Waals surface area contributed by atoms with Gasteiger partial charge in [-0.2, -0.15) is 0 Å². The Morgan fingerprint density at radius 3 is 2.11 bits per heavy atom. The standard InChI is InChI=1S/C22H26FN3O2/c1-15-3-7-20(8-4-15)25-22(28)26-13-11-17(12-14-26)16(2)21(27)24-19-9-5-18(23)6-10-19/h3-10,16-17H,11-14H2,1-2H3,(H,24,27)(H,25,28)/t16-/m0/s1. The van der Waals surface area contributed by atoms with E-state index in [1.54, 1.807) is 17.0 Å². The van der Waals surface area contributed by atoms with Crippen molar-refractivity contribution in [2.75, 3.05) is 23.7 Å². The van der Waals surface area contributed by atoms with Crippen molar-refractivity contribution in [2.24, 2.45) is 11.8 Å². The Hall–Kier alpha value is -2.89. The van der Waals surface area contributed by atoms with Gasteiger partial charge < -0.3 is 15.5 Å². The molecule has 0 aliphatic carbocycles. The molecule has 0 saturated carbocycles. The van der Waals surface area contributed by atoms with Crippen LogP contribution >= 0.6 is 0 Å². The summed E-state index contributed by atoms with van der Waals surface area (Å²) in [6.45, 7) is 5.16. The minimum absolute atomic E-state index is 0.0748. The average Bonchev–Trinajstić information content (AvgIpc) is 2.71. The quantitative estimate of drug-likeness (QED) is 0.807. The van der Waals surface area contributed by atoms with Gasteiger partial charge in [0.25, 0.3) is 0 Å². The lowest BCUT2D eigenvalue weighted by Gasteiger charge is -2.34. The van der Waals surface area contributed by atoms with Crippen LogP contribution in [0.25, 0.3) is 0 Å². The van der Waals surface area contributed by atoms with E-state index >= 15 is 0 Å². The number of benzene rings is 2. The first-order valence-corrected chi connectivity index (χ1v) is 9.61. The number of carbonyl (C=O) groups is 2. The van der Waals surface area contributed by atoms with Gasteiger partial charge in [0.05, 0.1) is 0 Å². The molecule has 1 saturated heterocycles. The number of hydrogen-bond acceptors (Lipinski definition) is 2. The zero-order valence-corrected chi connectivity index (χ0v) is 16.2. The summed E-state index contributed by atoms with van der Waals surface area (Å²) in [5.41, 5.74) is 2.52.